The number of ether oxygens (including phenoxy) is 4. The highest BCUT2D eigenvalue weighted by Crippen LogP contribution is 2.33. The van der Waals surface area contributed by atoms with Crippen LogP contribution in [0.15, 0.2) is 34.8 Å². The molecule has 4 rings (SSSR count). The Morgan fingerprint density at radius 2 is 1.67 bits per heavy atom. The van der Waals surface area contributed by atoms with E-state index in [9.17, 15) is 13.9 Å². The van der Waals surface area contributed by atoms with Crippen LogP contribution in [0.5, 0.6) is 17.2 Å². The number of β-amino-alcohol motifs (C(OH)–C–C–N with tert-alkyl or cyclic N) is 1. The number of aliphatic hydroxyl groups excluding tert-OH is 1. The molecule has 10 heteroatoms. The third kappa shape index (κ3) is 6.77. The molecule has 33 heavy (non-hydrogen) atoms. The lowest BCUT2D eigenvalue weighted by molar-refractivity contribution is -0.000945. The Morgan fingerprint density at radius 3 is 2.42 bits per heavy atom. The fourth-order valence-electron chi connectivity index (χ4n) is 3.87. The molecule has 2 aromatic rings. The van der Waals surface area contributed by atoms with Crippen molar-refractivity contribution in [3.8, 4) is 17.2 Å². The molecule has 1 atom stereocenters. The smallest absolute Gasteiger partial charge is 0.231 e. The summed E-state index contributed by atoms with van der Waals surface area (Å²) in [6, 6.07) is 8.31. The molecule has 2 aliphatic rings. The number of nitrogens with zero attached hydrogens (tertiary/aromatic N) is 2. The quantitative estimate of drug-likeness (QED) is 0.475. The summed E-state index contributed by atoms with van der Waals surface area (Å²) in [5.74, 6) is -0.397. The molecule has 180 valence electrons. The van der Waals surface area contributed by atoms with Crippen LogP contribution in [0.4, 0.5) is 8.78 Å². The Kier molecular flexibility index (Phi) is 8.37. The molecular formula is C23H27BrF2N2O5. The molecule has 0 bridgehead atoms. The summed E-state index contributed by atoms with van der Waals surface area (Å²) in [5, 5.41) is 10.3. The Balaban J connectivity index is 1.10. The molecule has 2 aromatic carbocycles. The van der Waals surface area contributed by atoms with Gasteiger partial charge >= 0.3 is 0 Å². The minimum absolute atomic E-state index is 0.0132. The lowest BCUT2D eigenvalue weighted by Crippen LogP contribution is -2.48. The van der Waals surface area contributed by atoms with Crippen LogP contribution in [0.1, 0.15) is 5.56 Å². The van der Waals surface area contributed by atoms with E-state index in [1.807, 2.05) is 12.1 Å². The van der Waals surface area contributed by atoms with Crippen molar-refractivity contribution < 1.29 is 32.8 Å². The second-order valence-corrected chi connectivity index (χ2v) is 8.96. The highest BCUT2D eigenvalue weighted by atomic mass is 79.9. The molecule has 1 N–H and O–H groups in total. The van der Waals surface area contributed by atoms with Crippen LogP contribution < -0.4 is 14.2 Å². The van der Waals surface area contributed by atoms with Crippen LogP contribution >= 0.6 is 15.9 Å². The highest BCUT2D eigenvalue weighted by molar-refractivity contribution is 9.10. The van der Waals surface area contributed by atoms with E-state index in [2.05, 4.69) is 31.8 Å². The summed E-state index contributed by atoms with van der Waals surface area (Å²) >= 11 is 3.02. The first-order chi connectivity index (χ1) is 16.0. The molecule has 0 aromatic heterocycles. The zero-order valence-electron chi connectivity index (χ0n) is 18.1. The first-order valence-electron chi connectivity index (χ1n) is 10.8. The molecule has 1 saturated heterocycles. The van der Waals surface area contributed by atoms with Gasteiger partial charge in [-0.05, 0) is 29.8 Å². The van der Waals surface area contributed by atoms with Gasteiger partial charge < -0.3 is 24.1 Å². The molecule has 1 unspecified atom stereocenters. The molecule has 7 nitrogen and oxygen atoms in total. The monoisotopic (exact) mass is 528 g/mol. The third-order valence-corrected chi connectivity index (χ3v) is 5.98. The van der Waals surface area contributed by atoms with E-state index in [0.29, 0.717) is 11.0 Å². The van der Waals surface area contributed by atoms with Crippen molar-refractivity contribution in [1.82, 2.24) is 9.80 Å². The first-order valence-corrected chi connectivity index (χ1v) is 11.6. The van der Waals surface area contributed by atoms with E-state index < -0.39 is 23.5 Å². The van der Waals surface area contributed by atoms with Crippen LogP contribution in [0, 0.1) is 11.6 Å². The molecule has 1 fully saturated rings. The molecule has 0 aliphatic carbocycles. The maximum absolute atomic E-state index is 13.7. The number of rotatable bonds is 10. The van der Waals surface area contributed by atoms with Gasteiger partial charge in [-0.1, -0.05) is 22.0 Å². The standard InChI is InChI=1S/C23H27BrF2N2O5/c24-17-10-19(25)23(20(26)11-17)31-8-7-30-14-18(29)13-28-5-3-27(4-6-28)12-16-1-2-21-22(9-16)33-15-32-21/h1-2,9-11,18,29H,3-8,12-15H2. The van der Waals surface area contributed by atoms with Crippen molar-refractivity contribution in [1.29, 1.82) is 0 Å². The Hall–Kier alpha value is -1.98. The van der Waals surface area contributed by atoms with E-state index in [1.54, 1.807) is 0 Å². The van der Waals surface area contributed by atoms with Crippen molar-refractivity contribution in [2.24, 2.45) is 0 Å². The zero-order chi connectivity index (χ0) is 23.2. The van der Waals surface area contributed by atoms with Gasteiger partial charge in [-0.15, -0.1) is 0 Å². The van der Waals surface area contributed by atoms with E-state index in [4.69, 9.17) is 18.9 Å². The molecule has 0 spiro atoms. The molecular weight excluding hydrogens is 502 g/mol. The van der Waals surface area contributed by atoms with Crippen molar-refractivity contribution in [2.75, 3.05) is 59.3 Å². The molecule has 0 radical (unpaired) electrons. The summed E-state index contributed by atoms with van der Waals surface area (Å²) in [5.41, 5.74) is 1.19. The second kappa shape index (κ2) is 11.4. The summed E-state index contributed by atoms with van der Waals surface area (Å²) in [6.45, 7) is 5.38. The van der Waals surface area contributed by atoms with Crippen LogP contribution in [-0.2, 0) is 11.3 Å². The van der Waals surface area contributed by atoms with Crippen molar-refractivity contribution >= 4 is 15.9 Å². The molecule has 2 heterocycles. The van der Waals surface area contributed by atoms with Crippen molar-refractivity contribution in [3.63, 3.8) is 0 Å². The predicted octanol–water partition coefficient (Wildman–Crippen LogP) is 3.03. The maximum Gasteiger partial charge on any atom is 0.231 e. The second-order valence-electron chi connectivity index (χ2n) is 8.04. The van der Waals surface area contributed by atoms with Gasteiger partial charge in [0.05, 0.1) is 19.3 Å². The Bertz CT molecular complexity index is 920. The van der Waals surface area contributed by atoms with Gasteiger partial charge in [-0.3, -0.25) is 9.80 Å². The predicted molar refractivity (Wildman–Crippen MR) is 121 cm³/mol. The maximum atomic E-state index is 13.7. The van der Waals surface area contributed by atoms with Gasteiger partial charge in [-0.2, -0.15) is 0 Å². The van der Waals surface area contributed by atoms with Crippen molar-refractivity contribution in [2.45, 2.75) is 12.6 Å². The number of piperazine rings is 1. The molecule has 2 aliphatic heterocycles. The minimum Gasteiger partial charge on any atom is -0.485 e. The number of hydrogen-bond acceptors (Lipinski definition) is 7. The summed E-state index contributed by atoms with van der Waals surface area (Å²) in [4.78, 5) is 4.57. The minimum atomic E-state index is -0.778. The Morgan fingerprint density at radius 1 is 0.970 bits per heavy atom. The van der Waals surface area contributed by atoms with E-state index >= 15 is 0 Å². The van der Waals surface area contributed by atoms with Crippen LogP contribution in [-0.4, -0.2) is 80.3 Å². The Labute approximate surface area is 199 Å². The number of benzene rings is 2. The lowest BCUT2D eigenvalue weighted by atomic mass is 10.1. The number of aliphatic hydroxyl groups is 1. The van der Waals surface area contributed by atoms with Gasteiger partial charge in [0.15, 0.2) is 28.9 Å². The summed E-state index contributed by atoms with van der Waals surface area (Å²) in [6.07, 6.45) is -0.647. The van der Waals surface area contributed by atoms with Gasteiger partial charge in [-0.25, -0.2) is 8.78 Å². The molecule has 0 saturated carbocycles. The topological polar surface area (TPSA) is 63.6 Å². The average Bonchev–Trinajstić information content (AvgIpc) is 3.24. The van der Waals surface area contributed by atoms with Gasteiger partial charge in [0, 0.05) is 43.7 Å². The van der Waals surface area contributed by atoms with Crippen molar-refractivity contribution in [3.05, 3.63) is 52.0 Å². The highest BCUT2D eigenvalue weighted by Gasteiger charge is 2.21. The number of hydrogen-bond donors (Lipinski definition) is 1. The van der Waals surface area contributed by atoms with Gasteiger partial charge in [0.2, 0.25) is 6.79 Å². The van der Waals surface area contributed by atoms with E-state index in [0.717, 1.165) is 56.4 Å². The number of fused-ring (bicyclic) bond motifs is 1. The SMILES string of the molecule is OC(COCCOc1c(F)cc(Br)cc1F)CN1CCN(Cc2ccc3c(c2)OCO3)CC1. The fraction of sp³-hybridized carbons (Fsp3) is 0.478. The number of halogens is 3. The third-order valence-electron chi connectivity index (χ3n) is 5.52. The summed E-state index contributed by atoms with van der Waals surface area (Å²) < 4.78 is 49.1. The normalized spacial score (nSPS) is 17.3. The summed E-state index contributed by atoms with van der Waals surface area (Å²) in [7, 11) is 0. The largest absolute Gasteiger partial charge is 0.485 e. The van der Waals surface area contributed by atoms with Gasteiger partial charge in [0.25, 0.3) is 0 Å². The average molecular weight is 529 g/mol. The van der Waals surface area contributed by atoms with E-state index in [-0.39, 0.29) is 26.6 Å². The lowest BCUT2D eigenvalue weighted by Gasteiger charge is -2.35. The zero-order valence-corrected chi connectivity index (χ0v) is 19.7. The van der Waals surface area contributed by atoms with Crippen LogP contribution in [0.3, 0.4) is 0 Å². The van der Waals surface area contributed by atoms with E-state index in [1.165, 1.54) is 5.56 Å². The van der Waals surface area contributed by atoms with Crippen LogP contribution in [0.25, 0.3) is 0 Å². The van der Waals surface area contributed by atoms with Gasteiger partial charge in [0.1, 0.15) is 6.61 Å². The first kappa shape index (κ1) is 24.2. The fourth-order valence-corrected chi connectivity index (χ4v) is 4.27. The molecule has 0 amide bonds. The van der Waals surface area contributed by atoms with Crippen LogP contribution in [0.2, 0.25) is 0 Å².